The molecule has 0 aromatic carbocycles. The summed E-state index contributed by atoms with van der Waals surface area (Å²) in [5, 5.41) is 14.1. The van der Waals surface area contributed by atoms with Crippen molar-refractivity contribution in [3.05, 3.63) is 17.5 Å². The van der Waals surface area contributed by atoms with Crippen molar-refractivity contribution in [3.8, 4) is 0 Å². The van der Waals surface area contributed by atoms with Gasteiger partial charge in [0.25, 0.3) is 0 Å². The minimum Gasteiger partial charge on any atom is -0.329 e. The van der Waals surface area contributed by atoms with Crippen LogP contribution in [-0.4, -0.2) is 69.9 Å². The number of urea groups is 1. The van der Waals surface area contributed by atoms with Crippen molar-refractivity contribution >= 4 is 22.3 Å². The van der Waals surface area contributed by atoms with Crippen LogP contribution >= 0.6 is 0 Å². The molecule has 2 aliphatic rings. The largest absolute Gasteiger partial charge is 0.418 e. The lowest BCUT2D eigenvalue weighted by molar-refractivity contribution is -0.0316. The number of nitrogens with one attached hydrogen (secondary N) is 1. The molecule has 13 nitrogen and oxygen atoms in total. The highest BCUT2D eigenvalue weighted by atomic mass is 32.3. The summed E-state index contributed by atoms with van der Waals surface area (Å²) in [6.07, 6.45) is 1.46. The third kappa shape index (κ3) is 2.83. The molecule has 2 atom stereocenters. The molecule has 25 heavy (non-hydrogen) atoms. The van der Waals surface area contributed by atoms with Gasteiger partial charge in [0.2, 0.25) is 0 Å². The number of aliphatic imine (C=N–C) groups is 1. The fourth-order valence-corrected chi connectivity index (χ4v) is 3.52. The van der Waals surface area contributed by atoms with Crippen molar-refractivity contribution < 1.29 is 27.3 Å². The van der Waals surface area contributed by atoms with Crippen LogP contribution in [0.15, 0.2) is 11.2 Å². The second kappa shape index (κ2) is 6.23. The van der Waals surface area contributed by atoms with Crippen molar-refractivity contribution in [2.24, 2.45) is 10.7 Å². The smallest absolute Gasteiger partial charge is 0.329 e. The summed E-state index contributed by atoms with van der Waals surface area (Å²) in [4.78, 5) is 17.8. The van der Waals surface area contributed by atoms with E-state index >= 15 is 0 Å². The average Bonchev–Trinajstić information content (AvgIpc) is 3.07. The molecule has 2 aliphatic heterocycles. The Hall–Kier alpha value is -2.26. The Kier molecular flexibility index (Phi) is 4.38. The van der Waals surface area contributed by atoms with Crippen LogP contribution in [-0.2, 0) is 21.2 Å². The van der Waals surface area contributed by atoms with Crippen molar-refractivity contribution in [3.63, 3.8) is 0 Å². The fraction of sp³-hybridized carbons (Fsp3) is 0.545. The molecule has 5 N–H and O–H groups in total. The van der Waals surface area contributed by atoms with E-state index in [4.69, 9.17) is 10.3 Å². The Bertz CT molecular complexity index is 821. The van der Waals surface area contributed by atoms with E-state index in [2.05, 4.69) is 14.4 Å². The van der Waals surface area contributed by atoms with Gasteiger partial charge in [-0.3, -0.25) is 24.9 Å². The van der Waals surface area contributed by atoms with Gasteiger partial charge in [0.05, 0.1) is 25.0 Å². The van der Waals surface area contributed by atoms with Gasteiger partial charge in [-0.15, -0.1) is 4.28 Å². The second-order valence-corrected chi connectivity index (χ2v) is 6.40. The van der Waals surface area contributed by atoms with Crippen molar-refractivity contribution in [1.29, 1.82) is 0 Å². The lowest BCUT2D eigenvalue weighted by Crippen LogP contribution is -2.44. The maximum atomic E-state index is 12.6. The normalized spacial score (nSPS) is 23.2. The minimum absolute atomic E-state index is 0.0560. The third-order valence-corrected chi connectivity index (χ3v) is 4.41. The number of carbonyl (C=O) groups excluding carboxylic acids is 1. The van der Waals surface area contributed by atoms with Gasteiger partial charge in [0.1, 0.15) is 17.9 Å². The number of carbonyl (C=O) groups is 1. The van der Waals surface area contributed by atoms with Gasteiger partial charge in [-0.05, 0) is 0 Å². The van der Waals surface area contributed by atoms with Gasteiger partial charge in [0.15, 0.2) is 0 Å². The molecule has 2 amide bonds. The lowest BCUT2D eigenvalue weighted by Gasteiger charge is -2.31. The number of hydrogen-bond acceptors (Lipinski definition) is 8. The number of amidine groups is 1. The molecule has 138 valence electrons. The van der Waals surface area contributed by atoms with Crippen LogP contribution in [0.5, 0.6) is 0 Å². The molecule has 14 heteroatoms. The number of nitrogens with two attached hydrogens (primary N) is 1. The molecule has 0 radical (unpaired) electrons. The van der Waals surface area contributed by atoms with Gasteiger partial charge in [-0.2, -0.15) is 18.6 Å². The average molecular weight is 375 g/mol. The van der Waals surface area contributed by atoms with Gasteiger partial charge in [-0.1, -0.05) is 0 Å². The van der Waals surface area contributed by atoms with E-state index in [0.717, 1.165) is 0 Å². The monoisotopic (exact) mass is 375 g/mol. The van der Waals surface area contributed by atoms with Crippen LogP contribution in [0.4, 0.5) is 4.79 Å². The summed E-state index contributed by atoms with van der Waals surface area (Å²) in [5.74, 6) is 0.0560. The number of hydrogen-bond donors (Lipinski definition) is 4. The Balaban J connectivity index is 2.13. The van der Waals surface area contributed by atoms with Crippen LogP contribution in [0.25, 0.3) is 0 Å². The maximum Gasteiger partial charge on any atom is 0.418 e. The molecule has 0 unspecified atom stereocenters. The van der Waals surface area contributed by atoms with Crippen molar-refractivity contribution in [1.82, 2.24) is 25.2 Å². The van der Waals surface area contributed by atoms with Crippen molar-refractivity contribution in [2.75, 3.05) is 20.1 Å². The predicted molar refractivity (Wildman–Crippen MR) is 81.6 cm³/mol. The zero-order valence-electron chi connectivity index (χ0n) is 13.1. The zero-order chi connectivity index (χ0) is 18.4. The quantitative estimate of drug-likeness (QED) is 0.205. The molecule has 2 bridgehead atoms. The Labute approximate surface area is 142 Å². The summed E-state index contributed by atoms with van der Waals surface area (Å²) in [7, 11) is -3.48. The summed E-state index contributed by atoms with van der Waals surface area (Å²) in [6, 6.07) is -2.46. The Morgan fingerprint density at radius 2 is 2.32 bits per heavy atom. The number of amides is 2. The van der Waals surface area contributed by atoms with E-state index in [0.29, 0.717) is 22.9 Å². The molecular formula is C11H17N7O6S. The molecule has 3 rings (SSSR count). The van der Waals surface area contributed by atoms with Gasteiger partial charge >= 0.3 is 16.4 Å². The highest BCUT2D eigenvalue weighted by Crippen LogP contribution is 2.44. The maximum absolute atomic E-state index is 12.6. The van der Waals surface area contributed by atoms with Crippen LogP contribution < -0.4 is 11.2 Å². The van der Waals surface area contributed by atoms with Gasteiger partial charge < -0.3 is 10.6 Å². The topological polar surface area (TPSA) is 176 Å². The van der Waals surface area contributed by atoms with E-state index in [-0.39, 0.29) is 18.9 Å². The molecule has 3 heterocycles. The van der Waals surface area contributed by atoms with Crippen LogP contribution in [0.2, 0.25) is 0 Å². The van der Waals surface area contributed by atoms with E-state index in [1.165, 1.54) is 18.1 Å². The molecule has 1 aromatic rings. The van der Waals surface area contributed by atoms with Gasteiger partial charge in [-0.25, -0.2) is 4.79 Å². The van der Waals surface area contributed by atoms with Crippen LogP contribution in [0, 0.1) is 0 Å². The highest BCUT2D eigenvalue weighted by molar-refractivity contribution is 7.80. The molecule has 1 aromatic heterocycles. The number of nitrogens with zero attached hydrogens (tertiary/aromatic N) is 5. The minimum atomic E-state index is -4.90. The zero-order valence-corrected chi connectivity index (χ0v) is 13.9. The summed E-state index contributed by atoms with van der Waals surface area (Å²) >= 11 is 0. The summed E-state index contributed by atoms with van der Waals surface area (Å²) in [6.45, 7) is 0.666. The third-order valence-electron chi connectivity index (χ3n) is 4.06. The van der Waals surface area contributed by atoms with Gasteiger partial charge in [0, 0.05) is 19.2 Å². The molecule has 1 saturated heterocycles. The first-order valence-corrected chi connectivity index (χ1v) is 8.58. The van der Waals surface area contributed by atoms with E-state index in [1.54, 1.807) is 4.68 Å². The SMILES string of the molecule is CN=C(NO)[C@@H]1c2c(cnn2CCN)[C@@H]2CN1C(=O)N2OS(=O)(=O)O. The van der Waals surface area contributed by atoms with E-state index < -0.39 is 28.5 Å². The Morgan fingerprint density at radius 1 is 1.60 bits per heavy atom. The molecular weight excluding hydrogens is 358 g/mol. The first-order chi connectivity index (χ1) is 11.8. The molecule has 0 saturated carbocycles. The summed E-state index contributed by atoms with van der Waals surface area (Å²) in [5.41, 5.74) is 8.54. The predicted octanol–water partition coefficient (Wildman–Crippen LogP) is -1.58. The second-order valence-electron chi connectivity index (χ2n) is 5.40. The lowest BCUT2D eigenvalue weighted by atomic mass is 9.97. The standard InChI is InChI=1S/C11H17N7O6S/c1-13-10(15-20)9-8-6(4-14-17(8)3-2-12)7-5-16(9)11(19)18(7)24-25(21,22)23/h4,7,9,20H,2-3,5,12H2,1H3,(H,13,15)(H,21,22,23)/t7-,9-/m0/s1. The van der Waals surface area contributed by atoms with E-state index in [9.17, 15) is 18.4 Å². The van der Waals surface area contributed by atoms with Crippen molar-refractivity contribution in [2.45, 2.75) is 18.6 Å². The molecule has 0 aliphatic carbocycles. The molecule has 1 fully saturated rings. The molecule has 0 spiro atoms. The van der Waals surface area contributed by atoms with E-state index in [1.807, 2.05) is 5.48 Å². The van der Waals surface area contributed by atoms with Crippen LogP contribution in [0.1, 0.15) is 23.3 Å². The number of aromatic nitrogens is 2. The first kappa shape index (κ1) is 17.6. The fourth-order valence-electron chi connectivity index (χ4n) is 3.15. The van der Waals surface area contributed by atoms with Crippen LogP contribution in [0.3, 0.4) is 0 Å². The Morgan fingerprint density at radius 3 is 2.88 bits per heavy atom. The summed E-state index contributed by atoms with van der Waals surface area (Å²) < 4.78 is 37.1. The highest BCUT2D eigenvalue weighted by Gasteiger charge is 2.53. The number of hydroxylamine groups is 3. The number of fused-ring (bicyclic) bond motifs is 4. The number of rotatable bonds is 5. The first-order valence-electron chi connectivity index (χ1n) is 7.21.